The van der Waals surface area contributed by atoms with Crippen LogP contribution in [0.25, 0.3) is 0 Å². The van der Waals surface area contributed by atoms with E-state index in [1.807, 2.05) is 35.2 Å². The van der Waals surface area contributed by atoms with Gasteiger partial charge in [0.1, 0.15) is 0 Å². The van der Waals surface area contributed by atoms with Crippen molar-refractivity contribution in [3.05, 3.63) is 95.1 Å². The summed E-state index contributed by atoms with van der Waals surface area (Å²) in [6.45, 7) is 2.26. The number of hydrogen-bond donors (Lipinski definition) is 0. The molecule has 6 heteroatoms. The van der Waals surface area contributed by atoms with Gasteiger partial charge in [-0.1, -0.05) is 48.5 Å². The molecule has 0 spiro atoms. The van der Waals surface area contributed by atoms with E-state index in [0.29, 0.717) is 6.54 Å². The highest BCUT2D eigenvalue weighted by atomic mass is 35.5. The molecule has 2 heterocycles. The van der Waals surface area contributed by atoms with Crippen molar-refractivity contribution in [3.63, 3.8) is 0 Å². The number of nitrogens with zero attached hydrogens (tertiary/aromatic N) is 2. The normalized spacial score (nSPS) is 19.6. The van der Waals surface area contributed by atoms with Crippen LogP contribution in [0.2, 0.25) is 0 Å². The molecular formula is C27H29ClN2O3. The standard InChI is InChI=1S/C27H28N2O3.ClH/c1-31-24-16-21-15-22-18-28(27(30)20-11-7-4-8-12-20)13-14-29(22)26(19-9-5-3-6-10-19)23(21)17-25(24)32-2;/h3-12,16-17,22,26H,13-15,18H2,1-2H3;1H. The van der Waals surface area contributed by atoms with Crippen molar-refractivity contribution in [2.75, 3.05) is 33.9 Å². The highest BCUT2D eigenvalue weighted by Gasteiger charge is 2.40. The second kappa shape index (κ2) is 9.86. The third-order valence-corrected chi connectivity index (χ3v) is 6.68. The molecule has 0 N–H and O–H groups in total. The second-order valence-electron chi connectivity index (χ2n) is 8.43. The van der Waals surface area contributed by atoms with Gasteiger partial charge in [-0.25, -0.2) is 0 Å². The summed E-state index contributed by atoms with van der Waals surface area (Å²) >= 11 is 0. The number of carbonyl (C=O) groups is 1. The van der Waals surface area contributed by atoms with E-state index in [1.165, 1.54) is 16.7 Å². The minimum absolute atomic E-state index is 0. The summed E-state index contributed by atoms with van der Waals surface area (Å²) in [6, 6.07) is 24.8. The van der Waals surface area contributed by atoms with Gasteiger partial charge in [0.25, 0.3) is 5.91 Å². The molecule has 0 radical (unpaired) electrons. The van der Waals surface area contributed by atoms with Gasteiger partial charge in [0.2, 0.25) is 0 Å². The molecule has 2 atom stereocenters. The van der Waals surface area contributed by atoms with Crippen LogP contribution in [-0.4, -0.2) is 55.6 Å². The fourth-order valence-electron chi connectivity index (χ4n) is 5.15. The summed E-state index contributed by atoms with van der Waals surface area (Å²) < 4.78 is 11.2. The molecule has 5 nitrogen and oxygen atoms in total. The molecule has 1 saturated heterocycles. The number of hydrogen-bond acceptors (Lipinski definition) is 4. The number of benzene rings is 3. The first kappa shape index (κ1) is 23.1. The molecule has 0 aromatic heterocycles. The maximum atomic E-state index is 13.1. The van der Waals surface area contributed by atoms with Gasteiger partial charge in [0.05, 0.1) is 20.3 Å². The molecule has 3 aromatic rings. The van der Waals surface area contributed by atoms with Crippen molar-refractivity contribution in [2.45, 2.75) is 18.5 Å². The first-order valence-corrected chi connectivity index (χ1v) is 11.1. The van der Waals surface area contributed by atoms with Crippen molar-refractivity contribution >= 4 is 18.3 Å². The highest BCUT2D eigenvalue weighted by Crippen LogP contribution is 2.43. The first-order valence-electron chi connectivity index (χ1n) is 11.1. The molecule has 0 aliphatic carbocycles. The number of fused-ring (bicyclic) bond motifs is 2. The number of halogens is 1. The molecule has 1 amide bonds. The van der Waals surface area contributed by atoms with Gasteiger partial charge in [-0.2, -0.15) is 0 Å². The first-order chi connectivity index (χ1) is 15.7. The third-order valence-electron chi connectivity index (χ3n) is 6.68. The van der Waals surface area contributed by atoms with E-state index in [2.05, 4.69) is 47.4 Å². The Morgan fingerprint density at radius 1 is 0.879 bits per heavy atom. The van der Waals surface area contributed by atoms with Gasteiger partial charge in [-0.05, 0) is 47.4 Å². The van der Waals surface area contributed by atoms with Gasteiger partial charge < -0.3 is 14.4 Å². The van der Waals surface area contributed by atoms with Crippen LogP contribution in [0.1, 0.15) is 33.1 Å². The Morgan fingerprint density at radius 2 is 1.52 bits per heavy atom. The van der Waals surface area contributed by atoms with Crippen molar-refractivity contribution in [3.8, 4) is 11.5 Å². The van der Waals surface area contributed by atoms with E-state index < -0.39 is 0 Å². The molecule has 33 heavy (non-hydrogen) atoms. The van der Waals surface area contributed by atoms with Gasteiger partial charge in [-0.3, -0.25) is 9.69 Å². The van der Waals surface area contributed by atoms with Gasteiger partial charge >= 0.3 is 0 Å². The lowest BCUT2D eigenvalue weighted by Gasteiger charge is -2.49. The second-order valence-corrected chi connectivity index (χ2v) is 8.43. The molecular weight excluding hydrogens is 436 g/mol. The zero-order valence-electron chi connectivity index (χ0n) is 18.9. The van der Waals surface area contributed by atoms with E-state index in [1.54, 1.807) is 14.2 Å². The molecule has 5 rings (SSSR count). The molecule has 2 unspecified atom stereocenters. The fraction of sp³-hybridized carbons (Fsp3) is 0.296. The Kier molecular flexibility index (Phi) is 6.91. The summed E-state index contributed by atoms with van der Waals surface area (Å²) in [6.07, 6.45) is 0.873. The number of rotatable bonds is 4. The van der Waals surface area contributed by atoms with Crippen molar-refractivity contribution in [1.82, 2.24) is 9.80 Å². The molecule has 3 aromatic carbocycles. The van der Waals surface area contributed by atoms with E-state index in [0.717, 1.165) is 36.6 Å². The summed E-state index contributed by atoms with van der Waals surface area (Å²) in [5.74, 6) is 1.61. The highest BCUT2D eigenvalue weighted by molar-refractivity contribution is 5.94. The summed E-state index contributed by atoms with van der Waals surface area (Å²) in [5.41, 5.74) is 4.52. The zero-order chi connectivity index (χ0) is 22.1. The number of carbonyl (C=O) groups excluding carboxylic acids is 1. The lowest BCUT2D eigenvalue weighted by molar-refractivity contribution is 0.0337. The van der Waals surface area contributed by atoms with E-state index in [4.69, 9.17) is 9.47 Å². The molecule has 0 bridgehead atoms. The average molecular weight is 465 g/mol. The van der Waals surface area contributed by atoms with Crippen LogP contribution in [-0.2, 0) is 6.42 Å². The Balaban J connectivity index is 0.00000259. The molecule has 2 aliphatic rings. The number of ether oxygens (including phenoxy) is 2. The lowest BCUT2D eigenvalue weighted by Crippen LogP contribution is -2.58. The predicted octanol–water partition coefficient (Wildman–Crippen LogP) is 4.60. The van der Waals surface area contributed by atoms with Crippen LogP contribution in [0.3, 0.4) is 0 Å². The average Bonchev–Trinajstić information content (AvgIpc) is 2.86. The summed E-state index contributed by atoms with van der Waals surface area (Å²) in [4.78, 5) is 17.7. The largest absolute Gasteiger partial charge is 0.493 e. The summed E-state index contributed by atoms with van der Waals surface area (Å²) in [5, 5.41) is 0. The zero-order valence-corrected chi connectivity index (χ0v) is 19.8. The van der Waals surface area contributed by atoms with E-state index in [9.17, 15) is 4.79 Å². The van der Waals surface area contributed by atoms with E-state index in [-0.39, 0.29) is 30.4 Å². The maximum Gasteiger partial charge on any atom is 0.253 e. The number of amides is 1. The Bertz CT molecular complexity index is 1110. The van der Waals surface area contributed by atoms with Gasteiger partial charge in [0.15, 0.2) is 11.5 Å². The maximum absolute atomic E-state index is 13.1. The monoisotopic (exact) mass is 464 g/mol. The molecule has 1 fully saturated rings. The van der Waals surface area contributed by atoms with Crippen LogP contribution in [0.5, 0.6) is 11.5 Å². The quantitative estimate of drug-likeness (QED) is 0.566. The smallest absolute Gasteiger partial charge is 0.253 e. The third kappa shape index (κ3) is 4.31. The molecule has 2 aliphatic heterocycles. The van der Waals surface area contributed by atoms with E-state index >= 15 is 0 Å². The molecule has 0 saturated carbocycles. The van der Waals surface area contributed by atoms with Crippen LogP contribution in [0.4, 0.5) is 0 Å². The van der Waals surface area contributed by atoms with Gasteiger partial charge in [0, 0.05) is 31.2 Å². The minimum Gasteiger partial charge on any atom is -0.493 e. The van der Waals surface area contributed by atoms with Crippen LogP contribution in [0, 0.1) is 0 Å². The van der Waals surface area contributed by atoms with Crippen molar-refractivity contribution < 1.29 is 14.3 Å². The number of methoxy groups -OCH3 is 2. The summed E-state index contributed by atoms with van der Waals surface area (Å²) in [7, 11) is 3.36. The predicted molar refractivity (Wildman–Crippen MR) is 132 cm³/mol. The van der Waals surface area contributed by atoms with Crippen molar-refractivity contribution in [2.24, 2.45) is 0 Å². The Labute approximate surface area is 201 Å². The lowest BCUT2D eigenvalue weighted by atomic mass is 9.83. The van der Waals surface area contributed by atoms with Crippen LogP contribution < -0.4 is 9.47 Å². The molecule has 172 valence electrons. The number of piperazine rings is 1. The Hall–Kier alpha value is -3.02. The van der Waals surface area contributed by atoms with Crippen LogP contribution in [0.15, 0.2) is 72.8 Å². The van der Waals surface area contributed by atoms with Crippen LogP contribution >= 0.6 is 12.4 Å². The topological polar surface area (TPSA) is 42.0 Å². The Morgan fingerprint density at radius 3 is 2.18 bits per heavy atom. The van der Waals surface area contributed by atoms with Crippen molar-refractivity contribution in [1.29, 1.82) is 0 Å². The SMILES string of the molecule is COc1cc2c(cc1OC)C(c1ccccc1)N1CCN(C(=O)c3ccccc3)CC1C2.Cl. The van der Waals surface area contributed by atoms with Gasteiger partial charge in [-0.15, -0.1) is 12.4 Å². The fourth-order valence-corrected chi connectivity index (χ4v) is 5.15. The minimum atomic E-state index is 0.